The summed E-state index contributed by atoms with van der Waals surface area (Å²) in [7, 11) is 0. The third kappa shape index (κ3) is 3.71. The van der Waals surface area contributed by atoms with Crippen LogP contribution in [-0.2, 0) is 0 Å². The Bertz CT molecular complexity index is 300. The maximum absolute atomic E-state index is 12.3. The van der Waals surface area contributed by atoms with E-state index in [0.29, 0.717) is 5.69 Å². The number of aromatic nitrogens is 1. The van der Waals surface area contributed by atoms with Gasteiger partial charge in [-0.2, -0.15) is 0 Å². The number of rotatable bonds is 1. The number of pyridine rings is 1. The summed E-state index contributed by atoms with van der Waals surface area (Å²) in [5.41, 5.74) is 0.0467. The van der Waals surface area contributed by atoms with Crippen molar-refractivity contribution < 1.29 is 64.3 Å². The van der Waals surface area contributed by atoms with Gasteiger partial charge in [0, 0.05) is 11.9 Å². The fourth-order valence-electron chi connectivity index (χ4n) is 1.00. The minimum Gasteiger partial charge on any atom is -0.445 e. The van der Waals surface area contributed by atoms with Crippen LogP contribution in [0.3, 0.4) is 0 Å². The minimum absolute atomic E-state index is 0. The molecule has 0 aliphatic rings. The third-order valence-electron chi connectivity index (χ3n) is 1.63. The van der Waals surface area contributed by atoms with E-state index in [1.165, 1.54) is 13.1 Å². The molecule has 0 unspecified atom stereocenters. The van der Waals surface area contributed by atoms with Gasteiger partial charge in [0.15, 0.2) is 0 Å². The van der Waals surface area contributed by atoms with E-state index in [0.717, 1.165) is 6.07 Å². The number of halogens is 3. The van der Waals surface area contributed by atoms with E-state index in [1.54, 1.807) is 6.92 Å². The largest absolute Gasteiger partial charge is 1.00 e. The van der Waals surface area contributed by atoms with E-state index < -0.39 is 12.4 Å². The smallest absolute Gasteiger partial charge is 0.445 e. The van der Waals surface area contributed by atoms with Crippen LogP contribution in [0.25, 0.3) is 0 Å². The molecule has 0 amide bonds. The minimum atomic E-state index is -4.89. The Morgan fingerprint density at radius 1 is 1.23 bits per heavy atom. The first-order chi connectivity index (χ1) is 5.41. The van der Waals surface area contributed by atoms with Gasteiger partial charge in [-0.15, -0.1) is 5.46 Å². The number of nitrogens with zero attached hydrogens (tertiary/aromatic N) is 1. The van der Waals surface area contributed by atoms with Crippen LogP contribution in [0.5, 0.6) is 0 Å². The summed E-state index contributed by atoms with van der Waals surface area (Å²) in [6.07, 6.45) is 1.25. The molecule has 1 nitrogen and oxygen atoms in total. The van der Waals surface area contributed by atoms with Crippen molar-refractivity contribution in [2.24, 2.45) is 0 Å². The maximum atomic E-state index is 12.3. The first kappa shape index (κ1) is 13.6. The van der Waals surface area contributed by atoms with Gasteiger partial charge in [-0.3, -0.25) is 4.98 Å². The van der Waals surface area contributed by atoms with E-state index in [4.69, 9.17) is 0 Å². The zero-order valence-corrected chi connectivity index (χ0v) is 10.9. The van der Waals surface area contributed by atoms with Crippen LogP contribution in [0.1, 0.15) is 11.3 Å². The van der Waals surface area contributed by atoms with Gasteiger partial charge < -0.3 is 12.9 Å². The second-order valence-electron chi connectivity index (χ2n) is 2.76. The molecular formula is C7H8BF3KN. The number of hydrogen-bond acceptors (Lipinski definition) is 1. The van der Waals surface area contributed by atoms with Crippen molar-refractivity contribution in [3.63, 3.8) is 0 Å². The average molecular weight is 213 g/mol. The van der Waals surface area contributed by atoms with Crippen LogP contribution in [0.15, 0.2) is 12.3 Å². The molecule has 0 spiro atoms. The molecule has 6 heteroatoms. The average Bonchev–Trinajstić information content (AvgIpc) is 1.92. The van der Waals surface area contributed by atoms with E-state index in [2.05, 4.69) is 4.98 Å². The summed E-state index contributed by atoms with van der Waals surface area (Å²) in [5, 5.41) is 0. The second-order valence-corrected chi connectivity index (χ2v) is 2.76. The molecule has 0 aliphatic carbocycles. The van der Waals surface area contributed by atoms with Crippen LogP contribution in [0.2, 0.25) is 0 Å². The Balaban J connectivity index is 0.00000144. The van der Waals surface area contributed by atoms with Crippen molar-refractivity contribution in [1.29, 1.82) is 0 Å². The summed E-state index contributed by atoms with van der Waals surface area (Å²) >= 11 is 0. The van der Waals surface area contributed by atoms with E-state index in [-0.39, 0.29) is 56.9 Å². The van der Waals surface area contributed by atoms with Gasteiger partial charge in [-0.1, -0.05) is 11.6 Å². The molecule has 0 bridgehead atoms. The third-order valence-corrected chi connectivity index (χ3v) is 1.63. The number of hydrogen-bond donors (Lipinski definition) is 0. The quantitative estimate of drug-likeness (QED) is 0.531. The molecule has 0 fully saturated rings. The van der Waals surface area contributed by atoms with Crippen LogP contribution in [0, 0.1) is 13.8 Å². The summed E-state index contributed by atoms with van der Waals surface area (Å²) in [6.45, 7) is -1.93. The molecular weight excluding hydrogens is 205 g/mol. The molecule has 0 atom stereocenters. The molecule has 0 saturated heterocycles. The van der Waals surface area contributed by atoms with Crippen molar-refractivity contribution >= 4 is 12.4 Å². The van der Waals surface area contributed by atoms with Crippen LogP contribution >= 0.6 is 0 Å². The van der Waals surface area contributed by atoms with Crippen LogP contribution < -0.4 is 56.8 Å². The molecule has 0 aliphatic heterocycles. The zero-order chi connectivity index (χ0) is 9.35. The fraction of sp³-hybridized carbons (Fsp3) is 0.286. The SMILES string of the molecule is Cc1cc([B-](F)(F)F)c(C)cn1.[K+]. The summed E-state index contributed by atoms with van der Waals surface area (Å²) in [4.78, 5) is 3.76. The summed E-state index contributed by atoms with van der Waals surface area (Å²) < 4.78 is 36.8. The molecule has 0 saturated carbocycles. The molecule has 0 radical (unpaired) electrons. The first-order valence-corrected chi connectivity index (χ1v) is 3.54. The van der Waals surface area contributed by atoms with Gasteiger partial charge in [0.05, 0.1) is 0 Å². The van der Waals surface area contributed by atoms with Crippen LogP contribution in [0.4, 0.5) is 12.9 Å². The second kappa shape index (κ2) is 4.93. The van der Waals surface area contributed by atoms with Crippen molar-refractivity contribution in [2.75, 3.05) is 0 Å². The Hall–Kier alpha value is 0.641. The van der Waals surface area contributed by atoms with Crippen LogP contribution in [-0.4, -0.2) is 12.0 Å². The number of aryl methyl sites for hydroxylation is 2. The standard InChI is InChI=1S/C7H8BF3N.K/c1-5-4-12-6(2)3-7(5)8(9,10)11;/h3-4H,1-2H3;/q-1;+1. The van der Waals surface area contributed by atoms with Crippen molar-refractivity contribution in [3.8, 4) is 0 Å². The molecule has 1 aromatic heterocycles. The van der Waals surface area contributed by atoms with E-state index in [1.807, 2.05) is 0 Å². The molecule has 0 aromatic carbocycles. The van der Waals surface area contributed by atoms with Gasteiger partial charge in [0.25, 0.3) is 0 Å². The van der Waals surface area contributed by atoms with Crippen molar-refractivity contribution in [2.45, 2.75) is 13.8 Å². The summed E-state index contributed by atoms with van der Waals surface area (Å²) in [5.74, 6) is 0. The van der Waals surface area contributed by atoms with Gasteiger partial charge >= 0.3 is 58.4 Å². The molecule has 13 heavy (non-hydrogen) atoms. The molecule has 1 heterocycles. The van der Waals surface area contributed by atoms with Crippen molar-refractivity contribution in [1.82, 2.24) is 4.98 Å². The Kier molecular flexibility index (Phi) is 5.17. The monoisotopic (exact) mass is 213 g/mol. The molecule has 1 aromatic rings. The molecule has 66 valence electrons. The maximum Gasteiger partial charge on any atom is 1.00 e. The Morgan fingerprint density at radius 2 is 1.77 bits per heavy atom. The predicted octanol–water partition coefficient (Wildman–Crippen LogP) is -1.24. The predicted molar refractivity (Wildman–Crippen MR) is 42.4 cm³/mol. The van der Waals surface area contributed by atoms with E-state index in [9.17, 15) is 12.9 Å². The zero-order valence-electron chi connectivity index (χ0n) is 7.81. The Labute approximate surface area is 118 Å². The topological polar surface area (TPSA) is 12.9 Å². The van der Waals surface area contributed by atoms with Gasteiger partial charge in [0.2, 0.25) is 0 Å². The molecule has 1 rings (SSSR count). The normalized spacial score (nSPS) is 10.8. The molecule has 0 N–H and O–H groups in total. The fourth-order valence-corrected chi connectivity index (χ4v) is 1.00. The van der Waals surface area contributed by atoms with Crippen molar-refractivity contribution in [3.05, 3.63) is 23.5 Å². The Morgan fingerprint density at radius 3 is 2.15 bits per heavy atom. The summed E-state index contributed by atoms with van der Waals surface area (Å²) in [6, 6.07) is 1.08. The first-order valence-electron chi connectivity index (χ1n) is 3.54. The van der Waals surface area contributed by atoms with E-state index >= 15 is 0 Å². The van der Waals surface area contributed by atoms with Gasteiger partial charge in [-0.05, 0) is 13.8 Å². The van der Waals surface area contributed by atoms with Gasteiger partial charge in [0.1, 0.15) is 0 Å². The van der Waals surface area contributed by atoms with Gasteiger partial charge in [-0.25, -0.2) is 0 Å².